The van der Waals surface area contributed by atoms with Crippen LogP contribution in [0.4, 0.5) is 0 Å². The first-order valence-corrected chi connectivity index (χ1v) is 8.70. The van der Waals surface area contributed by atoms with Crippen LogP contribution >= 0.6 is 22.7 Å². The summed E-state index contributed by atoms with van der Waals surface area (Å²) in [7, 11) is 0. The van der Waals surface area contributed by atoms with E-state index >= 15 is 0 Å². The molecule has 0 spiro atoms. The SMILES string of the molecule is CCOC(=O)c1ccc(-c2ncc(C#Cc3ccccc3)s2)s1. The van der Waals surface area contributed by atoms with Crippen molar-refractivity contribution in [2.24, 2.45) is 0 Å². The number of carbonyl (C=O) groups excluding carboxylic acids is 1. The molecular formula is C18H13NO2S2. The fourth-order valence-electron chi connectivity index (χ4n) is 1.87. The minimum absolute atomic E-state index is 0.288. The Hall–Kier alpha value is -2.42. The first kappa shape index (κ1) is 15.5. The van der Waals surface area contributed by atoms with E-state index in [9.17, 15) is 4.79 Å². The van der Waals surface area contributed by atoms with E-state index in [1.807, 2.05) is 36.4 Å². The molecule has 0 saturated heterocycles. The second-order valence-electron chi connectivity index (χ2n) is 4.53. The van der Waals surface area contributed by atoms with Gasteiger partial charge < -0.3 is 4.74 Å². The maximum atomic E-state index is 11.7. The van der Waals surface area contributed by atoms with Crippen LogP contribution in [0.2, 0.25) is 0 Å². The summed E-state index contributed by atoms with van der Waals surface area (Å²) in [5.74, 6) is 5.95. The predicted octanol–water partition coefficient (Wildman–Crippen LogP) is 4.45. The van der Waals surface area contributed by atoms with Crippen molar-refractivity contribution in [2.75, 3.05) is 6.61 Å². The summed E-state index contributed by atoms with van der Waals surface area (Å²) >= 11 is 2.90. The molecular weight excluding hydrogens is 326 g/mol. The number of ether oxygens (including phenoxy) is 1. The lowest BCUT2D eigenvalue weighted by atomic mass is 10.2. The number of rotatable bonds is 3. The number of thiophene rings is 1. The molecule has 0 aliphatic carbocycles. The number of aromatic nitrogens is 1. The monoisotopic (exact) mass is 339 g/mol. The normalized spacial score (nSPS) is 9.96. The van der Waals surface area contributed by atoms with E-state index in [1.165, 1.54) is 22.7 Å². The Kier molecular flexibility index (Phi) is 4.86. The van der Waals surface area contributed by atoms with Gasteiger partial charge in [-0.3, -0.25) is 0 Å². The fourth-order valence-corrected chi connectivity index (χ4v) is 3.60. The number of thiazole rings is 1. The average molecular weight is 339 g/mol. The Bertz CT molecular complexity index is 869. The maximum absolute atomic E-state index is 11.7. The molecule has 1 aromatic carbocycles. The highest BCUT2D eigenvalue weighted by Gasteiger charge is 2.12. The molecule has 0 bridgehead atoms. The molecule has 5 heteroatoms. The summed E-state index contributed by atoms with van der Waals surface area (Å²) < 4.78 is 5.00. The Balaban J connectivity index is 1.77. The largest absolute Gasteiger partial charge is 0.462 e. The molecule has 0 unspecified atom stereocenters. The van der Waals surface area contributed by atoms with E-state index in [0.29, 0.717) is 11.5 Å². The molecule has 0 amide bonds. The minimum Gasteiger partial charge on any atom is -0.462 e. The highest BCUT2D eigenvalue weighted by molar-refractivity contribution is 7.22. The lowest BCUT2D eigenvalue weighted by Crippen LogP contribution is -2.01. The number of nitrogens with zero attached hydrogens (tertiary/aromatic N) is 1. The molecule has 0 N–H and O–H groups in total. The van der Waals surface area contributed by atoms with E-state index < -0.39 is 0 Å². The van der Waals surface area contributed by atoms with Crippen LogP contribution in [0.1, 0.15) is 27.0 Å². The first-order chi connectivity index (χ1) is 11.3. The number of hydrogen-bond donors (Lipinski definition) is 0. The van der Waals surface area contributed by atoms with Gasteiger partial charge in [-0.2, -0.15) is 0 Å². The Morgan fingerprint density at radius 1 is 1.13 bits per heavy atom. The maximum Gasteiger partial charge on any atom is 0.348 e. The first-order valence-electron chi connectivity index (χ1n) is 7.06. The molecule has 23 heavy (non-hydrogen) atoms. The van der Waals surface area contributed by atoms with Crippen molar-refractivity contribution in [3.63, 3.8) is 0 Å². The molecule has 0 aliphatic rings. The Morgan fingerprint density at radius 2 is 1.96 bits per heavy atom. The average Bonchev–Trinajstić information content (AvgIpc) is 3.23. The highest BCUT2D eigenvalue weighted by Crippen LogP contribution is 2.31. The zero-order valence-corrected chi connectivity index (χ0v) is 14.0. The van der Waals surface area contributed by atoms with Crippen LogP contribution in [-0.2, 0) is 4.74 Å². The molecule has 0 fully saturated rings. The van der Waals surface area contributed by atoms with Crippen molar-refractivity contribution >= 4 is 28.6 Å². The van der Waals surface area contributed by atoms with E-state index in [-0.39, 0.29) is 5.97 Å². The molecule has 0 saturated carbocycles. The van der Waals surface area contributed by atoms with Crippen LogP contribution in [0.15, 0.2) is 48.7 Å². The van der Waals surface area contributed by atoms with Crippen LogP contribution < -0.4 is 0 Å². The zero-order chi connectivity index (χ0) is 16.1. The summed E-state index contributed by atoms with van der Waals surface area (Å²) in [6.07, 6.45) is 1.76. The van der Waals surface area contributed by atoms with E-state index in [0.717, 1.165) is 20.3 Å². The predicted molar refractivity (Wildman–Crippen MR) is 93.8 cm³/mol. The van der Waals surface area contributed by atoms with Gasteiger partial charge in [-0.15, -0.1) is 22.7 Å². The lowest BCUT2D eigenvalue weighted by Gasteiger charge is -1.96. The smallest absolute Gasteiger partial charge is 0.348 e. The van der Waals surface area contributed by atoms with E-state index in [2.05, 4.69) is 16.8 Å². The number of hydrogen-bond acceptors (Lipinski definition) is 5. The van der Waals surface area contributed by atoms with Crippen LogP contribution in [-0.4, -0.2) is 17.6 Å². The van der Waals surface area contributed by atoms with E-state index in [1.54, 1.807) is 19.2 Å². The molecule has 3 nitrogen and oxygen atoms in total. The van der Waals surface area contributed by atoms with Crippen molar-refractivity contribution < 1.29 is 9.53 Å². The van der Waals surface area contributed by atoms with Gasteiger partial charge in [-0.25, -0.2) is 9.78 Å². The molecule has 3 aromatic rings. The van der Waals surface area contributed by atoms with Crippen molar-refractivity contribution in [3.8, 4) is 21.7 Å². The van der Waals surface area contributed by atoms with Crippen molar-refractivity contribution in [1.82, 2.24) is 4.98 Å². The summed E-state index contributed by atoms with van der Waals surface area (Å²) in [5.41, 5.74) is 0.975. The lowest BCUT2D eigenvalue weighted by molar-refractivity contribution is 0.0532. The fraction of sp³-hybridized carbons (Fsp3) is 0.111. The van der Waals surface area contributed by atoms with Gasteiger partial charge in [0.15, 0.2) is 0 Å². The number of benzene rings is 1. The quantitative estimate of drug-likeness (QED) is 0.523. The van der Waals surface area contributed by atoms with Crippen molar-refractivity contribution in [1.29, 1.82) is 0 Å². The summed E-state index contributed by atoms with van der Waals surface area (Å²) in [4.78, 5) is 18.5. The van der Waals surface area contributed by atoms with Gasteiger partial charge in [0.25, 0.3) is 0 Å². The van der Waals surface area contributed by atoms with Crippen LogP contribution in [0.3, 0.4) is 0 Å². The molecule has 2 heterocycles. The molecule has 0 atom stereocenters. The third-order valence-corrected chi connectivity index (χ3v) is 5.05. The highest BCUT2D eigenvalue weighted by atomic mass is 32.1. The Labute approximate surface area is 142 Å². The van der Waals surface area contributed by atoms with Gasteiger partial charge in [0.1, 0.15) is 9.88 Å². The second-order valence-corrected chi connectivity index (χ2v) is 6.64. The van der Waals surface area contributed by atoms with Gasteiger partial charge in [0.05, 0.1) is 22.6 Å². The van der Waals surface area contributed by atoms with Gasteiger partial charge in [-0.1, -0.05) is 24.1 Å². The van der Waals surface area contributed by atoms with Gasteiger partial charge in [0.2, 0.25) is 0 Å². The number of carbonyl (C=O) groups is 1. The van der Waals surface area contributed by atoms with Crippen molar-refractivity contribution in [3.05, 3.63) is 64.0 Å². The van der Waals surface area contributed by atoms with Crippen LogP contribution in [0.25, 0.3) is 9.88 Å². The molecule has 114 valence electrons. The molecule has 2 aromatic heterocycles. The van der Waals surface area contributed by atoms with Crippen LogP contribution in [0, 0.1) is 11.8 Å². The summed E-state index contributed by atoms with van der Waals surface area (Å²) in [6.45, 7) is 2.17. The van der Waals surface area contributed by atoms with Gasteiger partial charge >= 0.3 is 5.97 Å². The van der Waals surface area contributed by atoms with Gasteiger partial charge in [-0.05, 0) is 37.1 Å². The third-order valence-electron chi connectivity index (χ3n) is 2.90. The molecule has 3 rings (SSSR count). The minimum atomic E-state index is -0.288. The Morgan fingerprint density at radius 3 is 2.74 bits per heavy atom. The molecule has 0 aliphatic heterocycles. The standard InChI is InChI=1S/C18H13NO2S2/c1-2-21-18(20)16-11-10-15(23-16)17-19-12-14(22-17)9-8-13-6-4-3-5-7-13/h3-7,10-12H,2H2,1H3. The third kappa shape index (κ3) is 3.86. The van der Waals surface area contributed by atoms with E-state index in [4.69, 9.17) is 4.74 Å². The summed E-state index contributed by atoms with van der Waals surface area (Å²) in [5, 5.41) is 0.864. The summed E-state index contributed by atoms with van der Waals surface area (Å²) in [6, 6.07) is 13.5. The second kappa shape index (κ2) is 7.23. The molecule has 0 radical (unpaired) electrons. The zero-order valence-electron chi connectivity index (χ0n) is 12.4. The van der Waals surface area contributed by atoms with Crippen LogP contribution in [0.5, 0.6) is 0 Å². The number of esters is 1. The topological polar surface area (TPSA) is 39.2 Å². The van der Waals surface area contributed by atoms with Crippen molar-refractivity contribution in [2.45, 2.75) is 6.92 Å². The van der Waals surface area contributed by atoms with Gasteiger partial charge in [0, 0.05) is 5.56 Å².